The fraction of sp³-hybridized carbons (Fsp3) is 0.235. The number of hydrogen-bond acceptors (Lipinski definition) is 4. The number of nitrogens with one attached hydrogen (secondary N) is 2. The van der Waals surface area contributed by atoms with Gasteiger partial charge in [-0.3, -0.25) is 14.7 Å². The largest absolute Gasteiger partial charge is 0.352 e. The van der Waals surface area contributed by atoms with E-state index in [0.29, 0.717) is 28.0 Å². The second-order valence-corrected chi connectivity index (χ2v) is 5.72. The molecule has 1 aromatic carbocycles. The molecule has 8 heteroatoms. The number of aromatic amines is 1. The zero-order chi connectivity index (χ0) is 18.0. The third kappa shape index (κ3) is 3.43. The SMILES string of the molecule is Cc1nc2cc[nH]n2c(=O)c1CC(=O)NCc1ccc(CN)cc1F. The molecule has 2 heterocycles. The van der Waals surface area contributed by atoms with Crippen molar-refractivity contribution in [2.24, 2.45) is 5.73 Å². The fourth-order valence-electron chi connectivity index (χ4n) is 2.59. The maximum Gasteiger partial charge on any atom is 0.276 e. The summed E-state index contributed by atoms with van der Waals surface area (Å²) >= 11 is 0. The molecule has 0 aliphatic heterocycles. The lowest BCUT2D eigenvalue weighted by Gasteiger charge is -2.09. The van der Waals surface area contributed by atoms with Gasteiger partial charge in [-0.15, -0.1) is 0 Å². The Labute approximate surface area is 142 Å². The van der Waals surface area contributed by atoms with Gasteiger partial charge in [0.2, 0.25) is 5.91 Å². The Balaban J connectivity index is 1.72. The predicted molar refractivity (Wildman–Crippen MR) is 90.4 cm³/mol. The highest BCUT2D eigenvalue weighted by Gasteiger charge is 2.14. The van der Waals surface area contributed by atoms with Gasteiger partial charge in [-0.25, -0.2) is 13.9 Å². The van der Waals surface area contributed by atoms with E-state index in [4.69, 9.17) is 5.73 Å². The Morgan fingerprint density at radius 3 is 2.92 bits per heavy atom. The molecule has 0 fully saturated rings. The van der Waals surface area contributed by atoms with Crippen LogP contribution in [0.5, 0.6) is 0 Å². The summed E-state index contributed by atoms with van der Waals surface area (Å²) in [4.78, 5) is 28.8. The lowest BCUT2D eigenvalue weighted by atomic mass is 10.1. The second-order valence-electron chi connectivity index (χ2n) is 5.72. The van der Waals surface area contributed by atoms with Gasteiger partial charge < -0.3 is 11.1 Å². The Kier molecular flexibility index (Phi) is 4.62. The topological polar surface area (TPSA) is 105 Å². The molecule has 3 rings (SSSR count). The molecule has 4 N–H and O–H groups in total. The number of carbonyl (C=O) groups is 1. The van der Waals surface area contributed by atoms with Crippen molar-refractivity contribution in [3.63, 3.8) is 0 Å². The molecule has 0 unspecified atom stereocenters. The molecule has 0 spiro atoms. The molecule has 25 heavy (non-hydrogen) atoms. The number of hydrogen-bond donors (Lipinski definition) is 3. The van der Waals surface area contributed by atoms with Crippen molar-refractivity contribution in [3.05, 3.63) is 69.0 Å². The van der Waals surface area contributed by atoms with E-state index in [0.717, 1.165) is 0 Å². The smallest absolute Gasteiger partial charge is 0.276 e. The van der Waals surface area contributed by atoms with E-state index >= 15 is 0 Å². The lowest BCUT2D eigenvalue weighted by molar-refractivity contribution is -0.120. The van der Waals surface area contributed by atoms with Crippen LogP contribution in [-0.2, 0) is 24.3 Å². The number of benzene rings is 1. The normalized spacial score (nSPS) is 11.0. The quantitative estimate of drug-likeness (QED) is 0.637. The van der Waals surface area contributed by atoms with Crippen molar-refractivity contribution >= 4 is 11.6 Å². The van der Waals surface area contributed by atoms with Gasteiger partial charge in [-0.05, 0) is 18.6 Å². The highest BCUT2D eigenvalue weighted by atomic mass is 19.1. The van der Waals surface area contributed by atoms with Crippen molar-refractivity contribution in [2.45, 2.75) is 26.4 Å². The van der Waals surface area contributed by atoms with E-state index in [1.165, 1.54) is 10.6 Å². The predicted octanol–water partition coefficient (Wildman–Crippen LogP) is 0.788. The Hall–Kier alpha value is -3.00. The second kappa shape index (κ2) is 6.86. The van der Waals surface area contributed by atoms with Crippen LogP contribution in [-0.4, -0.2) is 20.5 Å². The van der Waals surface area contributed by atoms with Crippen LogP contribution < -0.4 is 16.6 Å². The molecule has 0 saturated heterocycles. The van der Waals surface area contributed by atoms with Gasteiger partial charge in [0, 0.05) is 42.2 Å². The van der Waals surface area contributed by atoms with Crippen molar-refractivity contribution in [1.29, 1.82) is 0 Å². The average molecular weight is 343 g/mol. The number of amides is 1. The van der Waals surface area contributed by atoms with Gasteiger partial charge in [0.1, 0.15) is 5.82 Å². The molecule has 0 saturated carbocycles. The summed E-state index contributed by atoms with van der Waals surface area (Å²) in [5.41, 5.74) is 7.48. The maximum absolute atomic E-state index is 13.9. The number of rotatable bonds is 5. The van der Waals surface area contributed by atoms with Crippen molar-refractivity contribution in [1.82, 2.24) is 19.9 Å². The zero-order valence-electron chi connectivity index (χ0n) is 13.7. The van der Waals surface area contributed by atoms with Crippen molar-refractivity contribution in [3.8, 4) is 0 Å². The molecule has 0 radical (unpaired) electrons. The molecule has 0 aliphatic rings. The molecule has 130 valence electrons. The Bertz CT molecular complexity index is 992. The highest BCUT2D eigenvalue weighted by Crippen LogP contribution is 2.10. The summed E-state index contributed by atoms with van der Waals surface area (Å²) < 4.78 is 15.2. The van der Waals surface area contributed by atoms with Gasteiger partial charge >= 0.3 is 0 Å². The summed E-state index contributed by atoms with van der Waals surface area (Å²) in [6.07, 6.45) is 1.48. The van der Waals surface area contributed by atoms with Crippen LogP contribution in [0.4, 0.5) is 4.39 Å². The van der Waals surface area contributed by atoms with Gasteiger partial charge in [0.05, 0.1) is 6.42 Å². The number of halogens is 1. The van der Waals surface area contributed by atoms with Gasteiger partial charge in [0.25, 0.3) is 5.56 Å². The van der Waals surface area contributed by atoms with Crippen LogP contribution in [0.25, 0.3) is 5.65 Å². The van der Waals surface area contributed by atoms with Gasteiger partial charge in [0.15, 0.2) is 5.65 Å². The number of nitrogens with zero attached hydrogens (tertiary/aromatic N) is 2. The minimum atomic E-state index is -0.422. The molecule has 0 bridgehead atoms. The van der Waals surface area contributed by atoms with E-state index in [2.05, 4.69) is 15.4 Å². The van der Waals surface area contributed by atoms with Gasteiger partial charge in [-0.2, -0.15) is 0 Å². The fourth-order valence-corrected chi connectivity index (χ4v) is 2.59. The Morgan fingerprint density at radius 2 is 2.20 bits per heavy atom. The summed E-state index contributed by atoms with van der Waals surface area (Å²) in [7, 11) is 0. The summed E-state index contributed by atoms with van der Waals surface area (Å²) in [6, 6.07) is 6.32. The van der Waals surface area contributed by atoms with Crippen LogP contribution in [0.3, 0.4) is 0 Å². The average Bonchev–Trinajstić information content (AvgIpc) is 3.05. The van der Waals surface area contributed by atoms with E-state index in [1.807, 2.05) is 0 Å². The monoisotopic (exact) mass is 343 g/mol. The molecule has 0 atom stereocenters. The molecule has 1 amide bonds. The van der Waals surface area contributed by atoms with Crippen molar-refractivity contribution in [2.75, 3.05) is 0 Å². The highest BCUT2D eigenvalue weighted by molar-refractivity contribution is 5.78. The van der Waals surface area contributed by atoms with E-state index in [9.17, 15) is 14.0 Å². The minimum Gasteiger partial charge on any atom is -0.352 e. The summed E-state index contributed by atoms with van der Waals surface area (Å²) in [5.74, 6) is -0.801. The Morgan fingerprint density at radius 1 is 1.40 bits per heavy atom. The maximum atomic E-state index is 13.9. The van der Waals surface area contributed by atoms with E-state index in [-0.39, 0.29) is 31.0 Å². The molecular weight excluding hydrogens is 325 g/mol. The number of nitrogens with two attached hydrogens (primary N) is 1. The third-order valence-electron chi connectivity index (χ3n) is 4.01. The van der Waals surface area contributed by atoms with E-state index < -0.39 is 5.82 Å². The van der Waals surface area contributed by atoms with Crippen molar-refractivity contribution < 1.29 is 9.18 Å². The first kappa shape index (κ1) is 16.8. The third-order valence-corrected chi connectivity index (χ3v) is 4.01. The summed E-state index contributed by atoms with van der Waals surface area (Å²) in [5, 5.41) is 5.38. The number of aromatic nitrogens is 3. The minimum absolute atomic E-state index is 0.0358. The van der Waals surface area contributed by atoms with Crippen LogP contribution in [0.1, 0.15) is 22.4 Å². The molecule has 3 aromatic rings. The lowest BCUT2D eigenvalue weighted by Crippen LogP contribution is -2.30. The number of H-pyrrole nitrogens is 1. The zero-order valence-corrected chi connectivity index (χ0v) is 13.7. The molecule has 0 aliphatic carbocycles. The van der Waals surface area contributed by atoms with E-state index in [1.54, 1.807) is 31.3 Å². The standard InChI is InChI=1S/C17H18FN5O2/c1-10-13(17(25)23-15(22-10)4-5-21-23)7-16(24)20-9-12-3-2-11(8-19)6-14(12)18/h2-6,21H,7-9,19H2,1H3,(H,20,24). The van der Waals surface area contributed by atoms with Crippen LogP contribution in [0.2, 0.25) is 0 Å². The number of aryl methyl sites for hydroxylation is 1. The van der Waals surface area contributed by atoms with Gasteiger partial charge in [-0.1, -0.05) is 12.1 Å². The molecule has 7 nitrogen and oxygen atoms in total. The molecular formula is C17H18FN5O2. The number of fused-ring (bicyclic) bond motifs is 1. The number of carbonyl (C=O) groups excluding carboxylic acids is 1. The first-order chi connectivity index (χ1) is 12.0. The first-order valence-electron chi connectivity index (χ1n) is 7.79. The van der Waals surface area contributed by atoms with Crippen LogP contribution in [0.15, 0.2) is 35.3 Å². The first-order valence-corrected chi connectivity index (χ1v) is 7.79. The summed E-state index contributed by atoms with van der Waals surface area (Å²) in [6.45, 7) is 1.97. The molecule has 2 aromatic heterocycles. The van der Waals surface area contributed by atoms with Crippen LogP contribution in [0, 0.1) is 12.7 Å². The van der Waals surface area contributed by atoms with Crippen LogP contribution >= 0.6 is 0 Å².